The standard InChI is InChI=1S/C19H22F4N4O3/c20-15-16(25-7-11-3-4-12(8-25)30-11)24-18-26(17(15)29)6-5-14(19(21,22)23)27(18)9-13(28)10-1-2-10/h10-12,14H,1-9H2/t11?,12?,14-/m0/s1. The summed E-state index contributed by atoms with van der Waals surface area (Å²) >= 11 is 0. The molecule has 1 saturated carbocycles. The third-order valence-corrected chi connectivity index (χ3v) is 6.42. The highest BCUT2D eigenvalue weighted by Gasteiger charge is 2.49. The molecule has 1 aromatic rings. The predicted molar refractivity (Wildman–Crippen MR) is 98.1 cm³/mol. The van der Waals surface area contributed by atoms with Crippen LogP contribution in [0.15, 0.2) is 4.79 Å². The summed E-state index contributed by atoms with van der Waals surface area (Å²) in [6, 6.07) is -1.94. The number of morpholine rings is 1. The summed E-state index contributed by atoms with van der Waals surface area (Å²) in [5.41, 5.74) is -1.00. The van der Waals surface area contributed by atoms with E-state index in [1.54, 1.807) is 4.90 Å². The zero-order valence-electron chi connectivity index (χ0n) is 16.2. The monoisotopic (exact) mass is 430 g/mol. The van der Waals surface area contributed by atoms with Gasteiger partial charge in [-0.1, -0.05) is 0 Å². The number of fused-ring (bicyclic) bond motifs is 3. The normalized spacial score (nSPS) is 28.6. The van der Waals surface area contributed by atoms with Gasteiger partial charge in [-0.2, -0.15) is 22.5 Å². The summed E-state index contributed by atoms with van der Waals surface area (Å²) in [6.45, 7) is -0.133. The molecule has 7 nitrogen and oxygen atoms in total. The predicted octanol–water partition coefficient (Wildman–Crippen LogP) is 1.87. The van der Waals surface area contributed by atoms with Gasteiger partial charge in [0.1, 0.15) is 6.04 Å². The van der Waals surface area contributed by atoms with Crippen molar-refractivity contribution < 1.29 is 27.1 Å². The van der Waals surface area contributed by atoms with Crippen molar-refractivity contribution in [3.63, 3.8) is 0 Å². The minimum atomic E-state index is -4.60. The van der Waals surface area contributed by atoms with Crippen LogP contribution in [0, 0.1) is 11.7 Å². The number of anilines is 2. The largest absolute Gasteiger partial charge is 0.408 e. The van der Waals surface area contributed by atoms with E-state index >= 15 is 0 Å². The zero-order chi connectivity index (χ0) is 21.2. The van der Waals surface area contributed by atoms with Crippen molar-refractivity contribution in [3.8, 4) is 0 Å². The number of ketones is 1. The number of alkyl halides is 3. The fraction of sp³-hybridized carbons (Fsp3) is 0.737. The van der Waals surface area contributed by atoms with Crippen molar-refractivity contribution in [2.45, 2.75) is 63.1 Å². The number of hydrogen-bond donors (Lipinski definition) is 0. The molecule has 3 fully saturated rings. The second-order valence-corrected chi connectivity index (χ2v) is 8.58. The lowest BCUT2D eigenvalue weighted by atomic mass is 10.1. The molecule has 1 aromatic heterocycles. The second kappa shape index (κ2) is 6.93. The Labute approximate surface area is 169 Å². The van der Waals surface area contributed by atoms with E-state index in [1.807, 2.05) is 0 Å². The Morgan fingerprint density at radius 1 is 1.10 bits per heavy atom. The van der Waals surface area contributed by atoms with E-state index in [2.05, 4.69) is 4.98 Å². The molecule has 0 amide bonds. The molecule has 0 spiro atoms. The van der Waals surface area contributed by atoms with Crippen molar-refractivity contribution in [2.24, 2.45) is 5.92 Å². The lowest BCUT2D eigenvalue weighted by Gasteiger charge is -2.40. The quantitative estimate of drug-likeness (QED) is 0.680. The van der Waals surface area contributed by atoms with Gasteiger partial charge in [-0.15, -0.1) is 0 Å². The van der Waals surface area contributed by atoms with Gasteiger partial charge in [-0.25, -0.2) is 0 Å². The molecule has 3 atom stereocenters. The third-order valence-electron chi connectivity index (χ3n) is 6.42. The van der Waals surface area contributed by atoms with Gasteiger partial charge in [-0.05, 0) is 32.1 Å². The van der Waals surface area contributed by atoms with Crippen LogP contribution in [0.1, 0.15) is 32.1 Å². The van der Waals surface area contributed by atoms with Gasteiger partial charge < -0.3 is 14.5 Å². The van der Waals surface area contributed by atoms with Gasteiger partial charge in [0.05, 0.1) is 18.8 Å². The van der Waals surface area contributed by atoms with E-state index in [1.165, 1.54) is 0 Å². The number of rotatable bonds is 4. The van der Waals surface area contributed by atoms with Crippen LogP contribution in [0.2, 0.25) is 0 Å². The van der Waals surface area contributed by atoms with Crippen molar-refractivity contribution in [1.29, 1.82) is 0 Å². The molecule has 2 bridgehead atoms. The number of halogens is 4. The minimum Gasteiger partial charge on any atom is -0.371 e. The average Bonchev–Trinajstić information content (AvgIpc) is 3.48. The van der Waals surface area contributed by atoms with E-state index in [4.69, 9.17) is 4.74 Å². The molecule has 2 unspecified atom stereocenters. The maximum Gasteiger partial charge on any atom is 0.408 e. The fourth-order valence-corrected chi connectivity index (χ4v) is 4.70. The molecule has 4 heterocycles. The zero-order valence-corrected chi connectivity index (χ0v) is 16.2. The van der Waals surface area contributed by atoms with Crippen molar-refractivity contribution in [2.75, 3.05) is 29.4 Å². The molecular formula is C19H22F4N4O3. The number of ether oxygens (including phenoxy) is 1. The number of aromatic nitrogens is 2. The summed E-state index contributed by atoms with van der Waals surface area (Å²) in [6.07, 6.45) is -2.31. The SMILES string of the molecule is O=C(CN1c2nc(N3CC4CCC(C3)O4)c(F)c(=O)n2CC[C@H]1C(F)(F)F)C1CC1. The topological polar surface area (TPSA) is 67.7 Å². The van der Waals surface area contributed by atoms with Crippen LogP contribution >= 0.6 is 0 Å². The number of Topliss-reactive ketones (excluding diaryl/α,β-unsaturated/α-hetero) is 1. The molecule has 11 heteroatoms. The molecule has 0 N–H and O–H groups in total. The number of nitrogens with zero attached hydrogens (tertiary/aromatic N) is 4. The van der Waals surface area contributed by atoms with Crippen molar-refractivity contribution in [1.82, 2.24) is 9.55 Å². The summed E-state index contributed by atoms with van der Waals surface area (Å²) in [5.74, 6) is -2.15. The first-order chi connectivity index (χ1) is 14.2. The van der Waals surface area contributed by atoms with Gasteiger partial charge in [0.2, 0.25) is 11.8 Å². The van der Waals surface area contributed by atoms with Crippen molar-refractivity contribution in [3.05, 3.63) is 16.2 Å². The van der Waals surface area contributed by atoms with Gasteiger partial charge >= 0.3 is 6.18 Å². The highest BCUT2D eigenvalue weighted by atomic mass is 19.4. The molecular weight excluding hydrogens is 408 g/mol. The maximum absolute atomic E-state index is 14.9. The summed E-state index contributed by atoms with van der Waals surface area (Å²) in [5, 5.41) is 0. The Bertz CT molecular complexity index is 918. The molecule has 30 heavy (non-hydrogen) atoms. The number of hydrogen-bond acceptors (Lipinski definition) is 6. The van der Waals surface area contributed by atoms with Gasteiger partial charge in [0, 0.05) is 25.6 Å². The molecule has 2 saturated heterocycles. The Balaban J connectivity index is 1.56. The van der Waals surface area contributed by atoms with Crippen LogP contribution in [-0.4, -0.2) is 59.4 Å². The van der Waals surface area contributed by atoms with Crippen LogP contribution in [0.3, 0.4) is 0 Å². The van der Waals surface area contributed by atoms with E-state index in [9.17, 15) is 27.2 Å². The van der Waals surface area contributed by atoms with Gasteiger partial charge in [0.25, 0.3) is 5.56 Å². The van der Waals surface area contributed by atoms with E-state index in [-0.39, 0.29) is 42.2 Å². The first-order valence-corrected chi connectivity index (χ1v) is 10.3. The van der Waals surface area contributed by atoms with Gasteiger partial charge in [-0.3, -0.25) is 14.2 Å². The van der Waals surface area contributed by atoms with Crippen LogP contribution in [-0.2, 0) is 16.1 Å². The number of carbonyl (C=O) groups is 1. The van der Waals surface area contributed by atoms with Crippen LogP contribution in [0.25, 0.3) is 0 Å². The molecule has 0 aromatic carbocycles. The van der Waals surface area contributed by atoms with E-state index in [0.717, 1.165) is 22.3 Å². The molecule has 5 rings (SSSR count). The Kier molecular flexibility index (Phi) is 4.57. The minimum absolute atomic E-state index is 0.112. The maximum atomic E-state index is 14.9. The first kappa shape index (κ1) is 19.8. The highest BCUT2D eigenvalue weighted by molar-refractivity contribution is 5.87. The summed E-state index contributed by atoms with van der Waals surface area (Å²) in [7, 11) is 0. The summed E-state index contributed by atoms with van der Waals surface area (Å²) in [4.78, 5) is 31.7. The third kappa shape index (κ3) is 3.36. The Morgan fingerprint density at radius 3 is 2.37 bits per heavy atom. The smallest absolute Gasteiger partial charge is 0.371 e. The van der Waals surface area contributed by atoms with Crippen LogP contribution < -0.4 is 15.4 Å². The van der Waals surface area contributed by atoms with E-state index < -0.39 is 36.6 Å². The van der Waals surface area contributed by atoms with Gasteiger partial charge in [0.15, 0.2) is 11.6 Å². The lowest BCUT2D eigenvalue weighted by molar-refractivity contribution is -0.153. The molecule has 3 aliphatic heterocycles. The highest BCUT2D eigenvalue weighted by Crippen LogP contribution is 2.37. The number of carbonyl (C=O) groups excluding carboxylic acids is 1. The van der Waals surface area contributed by atoms with E-state index in [0.29, 0.717) is 25.9 Å². The lowest BCUT2D eigenvalue weighted by Crippen LogP contribution is -2.55. The summed E-state index contributed by atoms with van der Waals surface area (Å²) < 4.78 is 62.8. The average molecular weight is 430 g/mol. The Hall–Kier alpha value is -2.17. The fourth-order valence-electron chi connectivity index (χ4n) is 4.70. The first-order valence-electron chi connectivity index (χ1n) is 10.3. The molecule has 1 aliphatic carbocycles. The molecule has 4 aliphatic rings. The molecule has 0 radical (unpaired) electrons. The van der Waals surface area contributed by atoms with Crippen LogP contribution in [0.4, 0.5) is 29.3 Å². The van der Waals surface area contributed by atoms with Crippen LogP contribution in [0.5, 0.6) is 0 Å². The second-order valence-electron chi connectivity index (χ2n) is 8.58. The Morgan fingerprint density at radius 2 is 1.77 bits per heavy atom. The van der Waals surface area contributed by atoms with Crippen molar-refractivity contribution >= 4 is 17.5 Å². The molecule has 164 valence electrons.